The van der Waals surface area contributed by atoms with Gasteiger partial charge < -0.3 is 14.2 Å². The molecule has 0 fully saturated rings. The number of hydrogen-bond acceptors (Lipinski definition) is 6. The van der Waals surface area contributed by atoms with Crippen LogP contribution in [0.4, 0.5) is 0 Å². The number of cyclic esters (lactones) is 1. The molecular formula is C18H18O6. The van der Waals surface area contributed by atoms with Crippen LogP contribution in [0.2, 0.25) is 0 Å². The summed E-state index contributed by atoms with van der Waals surface area (Å²) in [4.78, 5) is 35.7. The summed E-state index contributed by atoms with van der Waals surface area (Å²) in [6.07, 6.45) is 3.84. The Morgan fingerprint density at radius 3 is 2.67 bits per heavy atom. The van der Waals surface area contributed by atoms with Crippen LogP contribution < -0.4 is 9.47 Å². The average molecular weight is 330 g/mol. The van der Waals surface area contributed by atoms with Gasteiger partial charge in [0.2, 0.25) is 0 Å². The third kappa shape index (κ3) is 3.90. The van der Waals surface area contributed by atoms with Crippen LogP contribution in [-0.2, 0) is 19.1 Å². The number of carbonyl (C=O) groups is 3. The average Bonchev–Trinajstić information content (AvgIpc) is 2.53. The highest BCUT2D eigenvalue weighted by Crippen LogP contribution is 2.28. The molecule has 6 nitrogen and oxygen atoms in total. The normalized spacial score (nSPS) is 17.5. The first-order valence-electron chi connectivity index (χ1n) is 7.42. The number of methoxy groups -OCH3 is 1. The summed E-state index contributed by atoms with van der Waals surface area (Å²) in [5.41, 5.74) is 0.673. The van der Waals surface area contributed by atoms with Crippen LogP contribution in [-0.4, -0.2) is 31.3 Å². The maximum Gasteiger partial charge on any atom is 0.329 e. The van der Waals surface area contributed by atoms with Gasteiger partial charge in [0.05, 0.1) is 13.7 Å². The molecule has 1 aliphatic rings. The summed E-state index contributed by atoms with van der Waals surface area (Å²) in [7, 11) is 1.52. The molecule has 0 aliphatic carbocycles. The predicted molar refractivity (Wildman–Crippen MR) is 86.6 cm³/mol. The molecule has 0 bridgehead atoms. The Morgan fingerprint density at radius 2 is 2.04 bits per heavy atom. The van der Waals surface area contributed by atoms with Gasteiger partial charge in [0.15, 0.2) is 29.0 Å². The summed E-state index contributed by atoms with van der Waals surface area (Å²) >= 11 is 0. The molecule has 1 heterocycles. The minimum absolute atomic E-state index is 0.189. The van der Waals surface area contributed by atoms with Crippen molar-refractivity contribution in [3.8, 4) is 11.5 Å². The van der Waals surface area contributed by atoms with E-state index in [1.165, 1.54) is 26.2 Å². The van der Waals surface area contributed by atoms with E-state index >= 15 is 0 Å². The van der Waals surface area contributed by atoms with E-state index < -0.39 is 23.5 Å². The molecule has 1 aromatic carbocycles. The second-order valence-electron chi connectivity index (χ2n) is 5.09. The van der Waals surface area contributed by atoms with Crippen LogP contribution in [0.5, 0.6) is 11.5 Å². The monoisotopic (exact) mass is 330 g/mol. The minimum atomic E-state index is -1.44. The summed E-state index contributed by atoms with van der Waals surface area (Å²) in [5.74, 6) is -2.17. The molecule has 0 aromatic heterocycles. The van der Waals surface area contributed by atoms with Gasteiger partial charge in [-0.15, -0.1) is 0 Å². The Balaban J connectivity index is 2.17. The van der Waals surface area contributed by atoms with Gasteiger partial charge in [-0.1, -0.05) is 12.1 Å². The van der Waals surface area contributed by atoms with Gasteiger partial charge in [-0.3, -0.25) is 14.4 Å². The van der Waals surface area contributed by atoms with Gasteiger partial charge in [0, 0.05) is 6.08 Å². The molecule has 24 heavy (non-hydrogen) atoms. The van der Waals surface area contributed by atoms with Gasteiger partial charge in [-0.25, -0.2) is 0 Å². The van der Waals surface area contributed by atoms with Gasteiger partial charge in [0.25, 0.3) is 0 Å². The standard InChI is InChI=1S/C18H18O6/c1-4-23-15-8-6-12(10-16(15)22-3)5-7-13(19)17-14(20)9-11(2)24-18(17)21/h5-10,17H,4H2,1-3H3/b7-5+/t17-/m0/s1. The SMILES string of the molecule is CCOc1ccc(/C=C/C(=O)[C@H]2C(=O)C=C(C)OC2=O)cc1OC. The maximum absolute atomic E-state index is 12.1. The van der Waals surface area contributed by atoms with E-state index in [1.54, 1.807) is 18.2 Å². The van der Waals surface area contributed by atoms with Crippen molar-refractivity contribution in [2.45, 2.75) is 13.8 Å². The zero-order chi connectivity index (χ0) is 17.7. The van der Waals surface area contributed by atoms with Crippen LogP contribution in [0.15, 0.2) is 36.1 Å². The Kier molecular flexibility index (Phi) is 5.52. The van der Waals surface area contributed by atoms with Gasteiger partial charge in [0.1, 0.15) is 5.76 Å². The first kappa shape index (κ1) is 17.5. The van der Waals surface area contributed by atoms with Crippen LogP contribution in [0, 0.1) is 5.92 Å². The van der Waals surface area contributed by atoms with Crippen molar-refractivity contribution in [3.05, 3.63) is 41.7 Å². The van der Waals surface area contributed by atoms with Crippen molar-refractivity contribution >= 4 is 23.6 Å². The van der Waals surface area contributed by atoms with Crippen molar-refractivity contribution in [1.29, 1.82) is 0 Å². The quantitative estimate of drug-likeness (QED) is 0.452. The summed E-state index contributed by atoms with van der Waals surface area (Å²) in [6, 6.07) is 5.15. The van der Waals surface area contributed by atoms with E-state index in [9.17, 15) is 14.4 Å². The van der Waals surface area contributed by atoms with Gasteiger partial charge in [-0.05, 0) is 37.6 Å². The van der Waals surface area contributed by atoms with Crippen LogP contribution in [0.25, 0.3) is 6.08 Å². The molecule has 1 aliphatic heterocycles. The molecule has 0 unspecified atom stereocenters. The molecule has 6 heteroatoms. The van der Waals surface area contributed by atoms with Crippen molar-refractivity contribution in [2.24, 2.45) is 5.92 Å². The second kappa shape index (κ2) is 7.59. The van der Waals surface area contributed by atoms with Crippen molar-refractivity contribution < 1.29 is 28.6 Å². The predicted octanol–water partition coefficient (Wildman–Crippen LogP) is 2.32. The fourth-order valence-corrected chi connectivity index (χ4v) is 2.24. The Hall–Kier alpha value is -2.89. The van der Waals surface area contributed by atoms with E-state index in [-0.39, 0.29) is 5.76 Å². The molecule has 0 amide bonds. The van der Waals surface area contributed by atoms with Crippen LogP contribution in [0.1, 0.15) is 19.4 Å². The van der Waals surface area contributed by atoms with E-state index in [4.69, 9.17) is 14.2 Å². The fourth-order valence-electron chi connectivity index (χ4n) is 2.24. The first-order valence-corrected chi connectivity index (χ1v) is 7.42. The highest BCUT2D eigenvalue weighted by atomic mass is 16.5. The minimum Gasteiger partial charge on any atom is -0.493 e. The highest BCUT2D eigenvalue weighted by Gasteiger charge is 2.36. The number of ketones is 2. The topological polar surface area (TPSA) is 78.9 Å². The number of allylic oxidation sites excluding steroid dienone is 3. The molecular weight excluding hydrogens is 312 g/mol. The summed E-state index contributed by atoms with van der Waals surface area (Å²) in [5, 5.41) is 0. The molecule has 126 valence electrons. The number of benzene rings is 1. The third-order valence-corrected chi connectivity index (χ3v) is 3.34. The third-order valence-electron chi connectivity index (χ3n) is 3.34. The lowest BCUT2D eigenvalue weighted by atomic mass is 9.96. The first-order chi connectivity index (χ1) is 11.5. The van der Waals surface area contributed by atoms with E-state index in [0.29, 0.717) is 23.7 Å². The number of esters is 1. The molecule has 0 saturated heterocycles. The van der Waals surface area contributed by atoms with E-state index in [0.717, 1.165) is 6.08 Å². The molecule has 0 N–H and O–H groups in total. The van der Waals surface area contributed by atoms with E-state index in [2.05, 4.69) is 0 Å². The highest BCUT2D eigenvalue weighted by molar-refractivity contribution is 6.25. The Labute approximate surface area is 139 Å². The number of ether oxygens (including phenoxy) is 3. The molecule has 1 aromatic rings. The lowest BCUT2D eigenvalue weighted by molar-refractivity contribution is -0.151. The summed E-state index contributed by atoms with van der Waals surface area (Å²) in [6.45, 7) is 3.85. The number of carbonyl (C=O) groups excluding carboxylic acids is 3. The van der Waals surface area contributed by atoms with Crippen molar-refractivity contribution in [1.82, 2.24) is 0 Å². The zero-order valence-electron chi connectivity index (χ0n) is 13.7. The molecule has 0 spiro atoms. The van der Waals surface area contributed by atoms with Crippen LogP contribution >= 0.6 is 0 Å². The second-order valence-corrected chi connectivity index (χ2v) is 5.09. The molecule has 1 atom stereocenters. The lowest BCUT2D eigenvalue weighted by Gasteiger charge is -2.15. The number of hydrogen-bond donors (Lipinski definition) is 0. The number of rotatable bonds is 6. The molecule has 2 rings (SSSR count). The van der Waals surface area contributed by atoms with Crippen molar-refractivity contribution in [2.75, 3.05) is 13.7 Å². The fraction of sp³-hybridized carbons (Fsp3) is 0.278. The zero-order valence-corrected chi connectivity index (χ0v) is 13.7. The van der Waals surface area contributed by atoms with Crippen LogP contribution in [0.3, 0.4) is 0 Å². The van der Waals surface area contributed by atoms with Gasteiger partial charge in [-0.2, -0.15) is 0 Å². The maximum atomic E-state index is 12.1. The van der Waals surface area contributed by atoms with Crippen molar-refractivity contribution in [3.63, 3.8) is 0 Å². The Morgan fingerprint density at radius 1 is 1.29 bits per heavy atom. The van der Waals surface area contributed by atoms with E-state index in [1.807, 2.05) is 6.92 Å². The molecule has 0 radical (unpaired) electrons. The summed E-state index contributed by atoms with van der Waals surface area (Å²) < 4.78 is 15.5. The lowest BCUT2D eigenvalue weighted by Crippen LogP contribution is -2.34. The van der Waals surface area contributed by atoms with Gasteiger partial charge >= 0.3 is 5.97 Å². The molecule has 0 saturated carbocycles. The Bertz CT molecular complexity index is 729. The largest absolute Gasteiger partial charge is 0.493 e. The smallest absolute Gasteiger partial charge is 0.329 e.